The van der Waals surface area contributed by atoms with Gasteiger partial charge in [-0.3, -0.25) is 4.79 Å². The zero-order valence-electron chi connectivity index (χ0n) is 12.7. The predicted octanol–water partition coefficient (Wildman–Crippen LogP) is 1.08. The Morgan fingerprint density at radius 1 is 1.29 bits per heavy atom. The summed E-state index contributed by atoms with van der Waals surface area (Å²) in [5.74, 6) is -0.854. The summed E-state index contributed by atoms with van der Waals surface area (Å²) in [6.45, 7) is 3.07. The van der Waals surface area contributed by atoms with E-state index in [-0.39, 0.29) is 18.5 Å². The Bertz CT molecular complexity index is 324. The van der Waals surface area contributed by atoms with Gasteiger partial charge in [-0.1, -0.05) is 0 Å². The number of carbonyl (C=O) groups excluding carboxylic acids is 1. The number of carbonyl (C=O) groups is 2. The van der Waals surface area contributed by atoms with Crippen molar-refractivity contribution in [3.05, 3.63) is 0 Å². The molecule has 0 bridgehead atoms. The molecule has 1 aliphatic rings. The van der Waals surface area contributed by atoms with E-state index in [4.69, 9.17) is 14.6 Å². The lowest BCUT2D eigenvalue weighted by Crippen LogP contribution is -2.43. The van der Waals surface area contributed by atoms with Crippen molar-refractivity contribution in [1.82, 2.24) is 10.2 Å². The number of nitrogens with zero attached hydrogens (tertiary/aromatic N) is 1. The van der Waals surface area contributed by atoms with Crippen molar-refractivity contribution in [1.29, 1.82) is 0 Å². The Kier molecular flexibility index (Phi) is 8.77. The van der Waals surface area contributed by atoms with E-state index in [1.54, 1.807) is 12.0 Å². The van der Waals surface area contributed by atoms with Crippen LogP contribution in [0.5, 0.6) is 0 Å². The molecule has 1 atom stereocenters. The second-order valence-corrected chi connectivity index (χ2v) is 5.13. The van der Waals surface area contributed by atoms with E-state index in [1.807, 2.05) is 0 Å². The molecule has 0 spiro atoms. The number of carboxylic acid groups (broad SMARTS) is 1. The molecule has 1 saturated heterocycles. The topological polar surface area (TPSA) is 88.1 Å². The number of rotatable bonds is 10. The van der Waals surface area contributed by atoms with Crippen LogP contribution < -0.4 is 5.32 Å². The van der Waals surface area contributed by atoms with Gasteiger partial charge in [-0.2, -0.15) is 0 Å². The first-order chi connectivity index (χ1) is 10.1. The molecule has 0 radical (unpaired) electrons. The van der Waals surface area contributed by atoms with Crippen LogP contribution in [0.25, 0.3) is 0 Å². The Labute approximate surface area is 125 Å². The van der Waals surface area contributed by atoms with Crippen LogP contribution in [-0.2, 0) is 14.3 Å². The summed E-state index contributed by atoms with van der Waals surface area (Å²) in [6, 6.07) is -0.320. The molecule has 1 fully saturated rings. The highest BCUT2D eigenvalue weighted by molar-refractivity contribution is 5.76. The maximum absolute atomic E-state index is 12.0. The van der Waals surface area contributed by atoms with Gasteiger partial charge in [0.25, 0.3) is 0 Å². The highest BCUT2D eigenvalue weighted by atomic mass is 16.5. The molecule has 2 N–H and O–H groups in total. The van der Waals surface area contributed by atoms with Crippen molar-refractivity contribution in [3.63, 3.8) is 0 Å². The molecular formula is C14H26N2O5. The smallest absolute Gasteiger partial charge is 0.317 e. The quantitative estimate of drug-likeness (QED) is 0.590. The maximum Gasteiger partial charge on any atom is 0.317 e. The van der Waals surface area contributed by atoms with Crippen LogP contribution in [0.1, 0.15) is 32.1 Å². The molecule has 7 nitrogen and oxygen atoms in total. The summed E-state index contributed by atoms with van der Waals surface area (Å²) in [7, 11) is 1.63. The lowest BCUT2D eigenvalue weighted by atomic mass is 10.1. The maximum atomic E-state index is 12.0. The Morgan fingerprint density at radius 3 is 2.81 bits per heavy atom. The number of ether oxygens (including phenoxy) is 2. The van der Waals surface area contributed by atoms with E-state index in [2.05, 4.69) is 5.32 Å². The lowest BCUT2D eigenvalue weighted by Gasteiger charge is -2.23. The summed E-state index contributed by atoms with van der Waals surface area (Å²) >= 11 is 0. The molecule has 0 aromatic heterocycles. The zero-order chi connectivity index (χ0) is 15.5. The number of hydrogen-bond donors (Lipinski definition) is 2. The summed E-state index contributed by atoms with van der Waals surface area (Å²) in [4.78, 5) is 24.4. The number of urea groups is 1. The average molecular weight is 302 g/mol. The third-order valence-corrected chi connectivity index (χ3v) is 3.47. The SMILES string of the molecule is COCCOCCCCNC(=O)N1CCCC1CC(=O)O. The fraction of sp³-hybridized carbons (Fsp3) is 0.857. The molecular weight excluding hydrogens is 276 g/mol. The fourth-order valence-corrected chi connectivity index (χ4v) is 2.39. The lowest BCUT2D eigenvalue weighted by molar-refractivity contribution is -0.137. The summed E-state index contributed by atoms with van der Waals surface area (Å²) in [5, 5.41) is 11.7. The first-order valence-electron chi connectivity index (χ1n) is 7.48. The number of amides is 2. The molecule has 122 valence electrons. The van der Waals surface area contributed by atoms with Crippen molar-refractivity contribution in [2.75, 3.05) is 40.0 Å². The minimum atomic E-state index is -0.854. The highest BCUT2D eigenvalue weighted by Crippen LogP contribution is 2.19. The van der Waals surface area contributed by atoms with Gasteiger partial charge in [-0.15, -0.1) is 0 Å². The molecule has 21 heavy (non-hydrogen) atoms. The molecule has 0 aromatic carbocycles. The largest absolute Gasteiger partial charge is 0.481 e. The molecule has 0 aliphatic carbocycles. The molecule has 2 amide bonds. The van der Waals surface area contributed by atoms with Gasteiger partial charge in [0.2, 0.25) is 0 Å². The molecule has 1 heterocycles. The number of methoxy groups -OCH3 is 1. The van der Waals surface area contributed by atoms with E-state index in [9.17, 15) is 9.59 Å². The van der Waals surface area contributed by atoms with E-state index in [0.717, 1.165) is 25.7 Å². The predicted molar refractivity (Wildman–Crippen MR) is 77.3 cm³/mol. The minimum Gasteiger partial charge on any atom is -0.481 e. The van der Waals surface area contributed by atoms with Crippen LogP contribution >= 0.6 is 0 Å². The Hall–Kier alpha value is -1.34. The van der Waals surface area contributed by atoms with Crippen molar-refractivity contribution < 1.29 is 24.2 Å². The second kappa shape index (κ2) is 10.4. The molecule has 1 aliphatic heterocycles. The molecule has 0 saturated carbocycles. The van der Waals surface area contributed by atoms with Crippen molar-refractivity contribution in [2.24, 2.45) is 0 Å². The number of hydrogen-bond acceptors (Lipinski definition) is 4. The molecule has 0 aromatic rings. The van der Waals surface area contributed by atoms with E-state index >= 15 is 0 Å². The average Bonchev–Trinajstić information content (AvgIpc) is 2.89. The van der Waals surface area contributed by atoms with Crippen molar-refractivity contribution >= 4 is 12.0 Å². The van der Waals surface area contributed by atoms with Gasteiger partial charge in [0.05, 0.1) is 19.6 Å². The van der Waals surface area contributed by atoms with Crippen LogP contribution in [0.15, 0.2) is 0 Å². The highest BCUT2D eigenvalue weighted by Gasteiger charge is 2.29. The Morgan fingerprint density at radius 2 is 2.10 bits per heavy atom. The third kappa shape index (κ3) is 7.29. The van der Waals surface area contributed by atoms with Crippen molar-refractivity contribution in [3.8, 4) is 0 Å². The first-order valence-corrected chi connectivity index (χ1v) is 7.48. The van der Waals surface area contributed by atoms with E-state index < -0.39 is 5.97 Å². The van der Waals surface area contributed by atoms with Gasteiger partial charge in [-0.25, -0.2) is 4.79 Å². The zero-order valence-corrected chi connectivity index (χ0v) is 12.7. The normalized spacial score (nSPS) is 18.0. The molecule has 1 rings (SSSR count). The number of unbranched alkanes of at least 4 members (excludes halogenated alkanes) is 1. The van der Waals surface area contributed by atoms with Crippen LogP contribution in [0, 0.1) is 0 Å². The number of likely N-dealkylation sites (tertiary alicyclic amines) is 1. The second-order valence-electron chi connectivity index (χ2n) is 5.13. The third-order valence-electron chi connectivity index (χ3n) is 3.47. The van der Waals surface area contributed by atoms with E-state index in [0.29, 0.717) is 32.9 Å². The summed E-state index contributed by atoms with van der Waals surface area (Å²) in [5.41, 5.74) is 0. The van der Waals surface area contributed by atoms with Crippen LogP contribution in [0.4, 0.5) is 4.79 Å². The van der Waals surface area contributed by atoms with Gasteiger partial charge < -0.3 is 24.8 Å². The van der Waals surface area contributed by atoms with Gasteiger partial charge in [0.1, 0.15) is 0 Å². The van der Waals surface area contributed by atoms with E-state index in [1.165, 1.54) is 0 Å². The molecule has 7 heteroatoms. The first kappa shape index (κ1) is 17.7. The van der Waals surface area contributed by atoms with Gasteiger partial charge in [0.15, 0.2) is 0 Å². The number of nitrogens with one attached hydrogen (secondary N) is 1. The standard InChI is InChI=1S/C14H26N2O5/c1-20-9-10-21-8-3-2-6-15-14(19)16-7-4-5-12(16)11-13(17)18/h12H,2-11H2,1H3,(H,15,19)(H,17,18). The van der Waals surface area contributed by atoms with Crippen molar-refractivity contribution in [2.45, 2.75) is 38.1 Å². The van der Waals surface area contributed by atoms with Crippen LogP contribution in [-0.4, -0.2) is 68.1 Å². The van der Waals surface area contributed by atoms with Gasteiger partial charge in [-0.05, 0) is 25.7 Å². The minimum absolute atomic E-state index is 0.0285. The summed E-state index contributed by atoms with van der Waals surface area (Å²) < 4.78 is 10.2. The number of carboxylic acids is 1. The van der Waals surface area contributed by atoms with Gasteiger partial charge >= 0.3 is 12.0 Å². The van der Waals surface area contributed by atoms with Gasteiger partial charge in [0, 0.05) is 32.8 Å². The Balaban J connectivity index is 2.08. The number of aliphatic carboxylic acids is 1. The monoisotopic (exact) mass is 302 g/mol. The van der Waals surface area contributed by atoms with Crippen LogP contribution in [0.2, 0.25) is 0 Å². The summed E-state index contributed by atoms with van der Waals surface area (Å²) in [6.07, 6.45) is 3.39. The van der Waals surface area contributed by atoms with Crippen LogP contribution in [0.3, 0.4) is 0 Å². The fourth-order valence-electron chi connectivity index (χ4n) is 2.39. The molecule has 1 unspecified atom stereocenters.